The third kappa shape index (κ3) is 4.45. The van der Waals surface area contributed by atoms with Crippen LogP contribution in [0.4, 0.5) is 4.39 Å². The van der Waals surface area contributed by atoms with E-state index in [1.807, 2.05) is 0 Å². The van der Waals surface area contributed by atoms with E-state index in [2.05, 4.69) is 5.32 Å². The molecule has 1 aliphatic rings. The van der Waals surface area contributed by atoms with Gasteiger partial charge in [-0.1, -0.05) is 12.1 Å². The van der Waals surface area contributed by atoms with E-state index in [0.29, 0.717) is 12.5 Å². The third-order valence-corrected chi connectivity index (χ3v) is 3.29. The number of nitrogens with one attached hydrogen (secondary N) is 1. The first-order valence-electron chi connectivity index (χ1n) is 6.59. The molecule has 0 saturated heterocycles. The molecule has 1 atom stereocenters. The number of hydrogen-bond acceptors (Lipinski definition) is 4. The molecule has 4 nitrogen and oxygen atoms in total. The summed E-state index contributed by atoms with van der Waals surface area (Å²) in [6.45, 7) is 1.25. The number of para-hydroxylation sites is 1. The topological polar surface area (TPSA) is 61.7 Å². The van der Waals surface area contributed by atoms with E-state index in [-0.39, 0.29) is 18.5 Å². The van der Waals surface area contributed by atoms with Crippen molar-refractivity contribution in [1.29, 1.82) is 0 Å². The van der Waals surface area contributed by atoms with Gasteiger partial charge in [0.2, 0.25) is 0 Å². The maximum Gasteiger partial charge on any atom is 0.165 e. The Hall–Kier alpha value is -1.17. The Morgan fingerprint density at radius 1 is 1.37 bits per heavy atom. The maximum atomic E-state index is 13.2. The zero-order valence-electron chi connectivity index (χ0n) is 10.8. The molecular formula is C14H20FNO3. The molecule has 0 bridgehead atoms. The summed E-state index contributed by atoms with van der Waals surface area (Å²) in [5, 5.41) is 22.0. The normalized spacial score (nSPS) is 23.7. The summed E-state index contributed by atoms with van der Waals surface area (Å²) < 4.78 is 18.5. The van der Waals surface area contributed by atoms with Gasteiger partial charge in [-0.05, 0) is 37.4 Å². The average Bonchev–Trinajstić information content (AvgIpc) is 2.35. The summed E-state index contributed by atoms with van der Waals surface area (Å²) >= 11 is 0. The lowest BCUT2D eigenvalue weighted by Crippen LogP contribution is -2.39. The van der Waals surface area contributed by atoms with Gasteiger partial charge >= 0.3 is 0 Å². The number of benzene rings is 1. The van der Waals surface area contributed by atoms with Gasteiger partial charge in [0.05, 0.1) is 6.10 Å². The Labute approximate surface area is 112 Å². The first-order valence-corrected chi connectivity index (χ1v) is 6.59. The van der Waals surface area contributed by atoms with Gasteiger partial charge in [0.15, 0.2) is 11.6 Å². The minimum Gasteiger partial charge on any atom is -0.488 e. The summed E-state index contributed by atoms with van der Waals surface area (Å²) in [6.07, 6.45) is 0.828. The molecule has 1 aliphatic carbocycles. The van der Waals surface area contributed by atoms with E-state index in [9.17, 15) is 9.50 Å². The highest BCUT2D eigenvalue weighted by Gasteiger charge is 2.26. The molecule has 0 aliphatic heterocycles. The fraction of sp³-hybridized carbons (Fsp3) is 0.571. The van der Waals surface area contributed by atoms with Gasteiger partial charge in [-0.25, -0.2) is 4.39 Å². The van der Waals surface area contributed by atoms with Crippen molar-refractivity contribution in [2.75, 3.05) is 19.7 Å². The average molecular weight is 269 g/mol. The van der Waals surface area contributed by atoms with Crippen molar-refractivity contribution in [3.63, 3.8) is 0 Å². The SMILES string of the molecule is OC(CNCC1CC(O)C1)COc1ccccc1F. The molecule has 1 aromatic rings. The maximum absolute atomic E-state index is 13.2. The molecule has 106 valence electrons. The van der Waals surface area contributed by atoms with E-state index in [0.717, 1.165) is 19.4 Å². The number of rotatable bonds is 7. The summed E-state index contributed by atoms with van der Waals surface area (Å²) in [7, 11) is 0. The molecule has 3 N–H and O–H groups in total. The molecule has 2 rings (SSSR count). The lowest BCUT2D eigenvalue weighted by molar-refractivity contribution is 0.0400. The molecule has 19 heavy (non-hydrogen) atoms. The van der Waals surface area contributed by atoms with Crippen molar-refractivity contribution in [1.82, 2.24) is 5.32 Å². The fourth-order valence-corrected chi connectivity index (χ4v) is 2.13. The van der Waals surface area contributed by atoms with Gasteiger partial charge in [0, 0.05) is 6.54 Å². The van der Waals surface area contributed by atoms with Crippen LogP contribution in [0.5, 0.6) is 5.75 Å². The second-order valence-corrected chi connectivity index (χ2v) is 5.04. The number of aliphatic hydroxyl groups is 2. The van der Waals surface area contributed by atoms with Crippen molar-refractivity contribution in [3.8, 4) is 5.75 Å². The van der Waals surface area contributed by atoms with E-state index in [1.54, 1.807) is 12.1 Å². The van der Waals surface area contributed by atoms with Crippen LogP contribution in [0.15, 0.2) is 24.3 Å². The molecule has 1 aromatic carbocycles. The van der Waals surface area contributed by atoms with Crippen molar-refractivity contribution in [2.45, 2.75) is 25.0 Å². The molecule has 0 aromatic heterocycles. The molecule has 0 spiro atoms. The summed E-state index contributed by atoms with van der Waals surface area (Å²) in [6, 6.07) is 6.13. The Kier molecular flexibility index (Phi) is 5.13. The fourth-order valence-electron chi connectivity index (χ4n) is 2.13. The van der Waals surface area contributed by atoms with Crippen LogP contribution in [0, 0.1) is 11.7 Å². The van der Waals surface area contributed by atoms with Gasteiger partial charge in [0.25, 0.3) is 0 Å². The van der Waals surface area contributed by atoms with Gasteiger partial charge in [-0.15, -0.1) is 0 Å². The smallest absolute Gasteiger partial charge is 0.165 e. The molecule has 0 radical (unpaired) electrons. The molecule has 0 heterocycles. The monoisotopic (exact) mass is 269 g/mol. The van der Waals surface area contributed by atoms with Gasteiger partial charge in [-0.3, -0.25) is 0 Å². The standard InChI is InChI=1S/C14H20FNO3/c15-13-3-1-2-4-14(13)19-9-12(18)8-16-7-10-5-11(17)6-10/h1-4,10-12,16-18H,5-9H2. The van der Waals surface area contributed by atoms with E-state index in [1.165, 1.54) is 12.1 Å². The Balaban J connectivity index is 1.59. The molecule has 1 saturated carbocycles. The van der Waals surface area contributed by atoms with Crippen molar-refractivity contribution in [3.05, 3.63) is 30.1 Å². The van der Waals surface area contributed by atoms with Crippen LogP contribution >= 0.6 is 0 Å². The van der Waals surface area contributed by atoms with E-state index >= 15 is 0 Å². The van der Waals surface area contributed by atoms with Crippen LogP contribution in [0.3, 0.4) is 0 Å². The molecular weight excluding hydrogens is 249 g/mol. The zero-order chi connectivity index (χ0) is 13.7. The van der Waals surface area contributed by atoms with E-state index < -0.39 is 11.9 Å². The van der Waals surface area contributed by atoms with Crippen molar-refractivity contribution >= 4 is 0 Å². The lowest BCUT2D eigenvalue weighted by Gasteiger charge is -2.31. The summed E-state index contributed by atoms with van der Waals surface area (Å²) in [4.78, 5) is 0. The first-order chi connectivity index (χ1) is 9.15. The number of aliphatic hydroxyl groups excluding tert-OH is 2. The Morgan fingerprint density at radius 3 is 2.79 bits per heavy atom. The third-order valence-electron chi connectivity index (χ3n) is 3.29. The van der Waals surface area contributed by atoms with Crippen molar-refractivity contribution in [2.24, 2.45) is 5.92 Å². The van der Waals surface area contributed by atoms with Gasteiger partial charge in [0.1, 0.15) is 12.7 Å². The zero-order valence-corrected chi connectivity index (χ0v) is 10.8. The Bertz CT molecular complexity index is 396. The second-order valence-electron chi connectivity index (χ2n) is 5.04. The van der Waals surface area contributed by atoms with Crippen LogP contribution in [0.1, 0.15) is 12.8 Å². The minimum absolute atomic E-state index is 0.0568. The molecule has 5 heteroatoms. The number of halogens is 1. The van der Waals surface area contributed by atoms with Gasteiger partial charge in [-0.2, -0.15) is 0 Å². The molecule has 0 amide bonds. The predicted molar refractivity (Wildman–Crippen MR) is 69.5 cm³/mol. The number of hydrogen-bond donors (Lipinski definition) is 3. The van der Waals surface area contributed by atoms with Crippen LogP contribution in [-0.4, -0.2) is 42.1 Å². The van der Waals surface area contributed by atoms with Gasteiger partial charge < -0.3 is 20.3 Å². The quantitative estimate of drug-likeness (QED) is 0.689. The Morgan fingerprint density at radius 2 is 2.11 bits per heavy atom. The lowest BCUT2D eigenvalue weighted by atomic mass is 9.82. The highest BCUT2D eigenvalue weighted by atomic mass is 19.1. The van der Waals surface area contributed by atoms with E-state index in [4.69, 9.17) is 9.84 Å². The first kappa shape index (κ1) is 14.2. The molecule has 1 unspecified atom stereocenters. The van der Waals surface area contributed by atoms with Crippen LogP contribution in [0.2, 0.25) is 0 Å². The van der Waals surface area contributed by atoms with Crippen LogP contribution < -0.4 is 10.1 Å². The highest BCUT2D eigenvalue weighted by molar-refractivity contribution is 5.23. The van der Waals surface area contributed by atoms with Crippen LogP contribution in [-0.2, 0) is 0 Å². The largest absolute Gasteiger partial charge is 0.488 e. The van der Waals surface area contributed by atoms with Crippen LogP contribution in [0.25, 0.3) is 0 Å². The minimum atomic E-state index is -0.676. The molecule has 1 fully saturated rings. The number of ether oxygens (including phenoxy) is 1. The summed E-state index contributed by atoms with van der Waals surface area (Å²) in [5.41, 5.74) is 0. The van der Waals surface area contributed by atoms with Crippen molar-refractivity contribution < 1.29 is 19.3 Å². The predicted octanol–water partition coefficient (Wildman–Crippen LogP) is 0.926. The highest BCUT2D eigenvalue weighted by Crippen LogP contribution is 2.25. The second kappa shape index (κ2) is 6.84. The summed E-state index contributed by atoms with van der Waals surface area (Å²) in [5.74, 6) is 0.226.